The lowest BCUT2D eigenvalue weighted by Crippen LogP contribution is -1.99. The quantitative estimate of drug-likeness (QED) is 0.357. The summed E-state index contributed by atoms with van der Waals surface area (Å²) in [6.45, 7) is 0. The lowest BCUT2D eigenvalue weighted by atomic mass is 10.0. The summed E-state index contributed by atoms with van der Waals surface area (Å²) in [5.41, 5.74) is 0. The number of rotatable bonds is 16. The Labute approximate surface area is 146 Å². The van der Waals surface area contributed by atoms with Gasteiger partial charge in [-0.2, -0.15) is 5.21 Å². The first kappa shape index (κ1) is 20.6. The summed E-state index contributed by atoms with van der Waals surface area (Å²) in [7, 11) is 1.46. The predicted octanol–water partition coefficient (Wildman–Crippen LogP) is 4.38. The van der Waals surface area contributed by atoms with Gasteiger partial charge in [0.15, 0.2) is 5.82 Å². The van der Waals surface area contributed by atoms with Crippen LogP contribution in [0.25, 0.3) is 0 Å². The largest absolute Gasteiger partial charge is 0.469 e. The van der Waals surface area contributed by atoms with Crippen LogP contribution in [0, 0.1) is 0 Å². The lowest BCUT2D eigenvalue weighted by molar-refractivity contribution is -0.140. The number of methoxy groups -OCH3 is 1. The average Bonchev–Trinajstić information content (AvgIpc) is 3.11. The maximum absolute atomic E-state index is 11.0. The maximum Gasteiger partial charge on any atom is 0.305 e. The molecule has 0 spiro atoms. The Morgan fingerprint density at radius 1 is 0.833 bits per heavy atom. The van der Waals surface area contributed by atoms with Crippen LogP contribution in [0.1, 0.15) is 95.7 Å². The number of aromatic amines is 1. The number of hydrogen-bond donors (Lipinski definition) is 1. The molecular weight excluding hydrogens is 304 g/mol. The van der Waals surface area contributed by atoms with Gasteiger partial charge >= 0.3 is 5.97 Å². The fraction of sp³-hybridized carbons (Fsp3) is 0.889. The van der Waals surface area contributed by atoms with Crippen molar-refractivity contribution in [3.05, 3.63) is 5.82 Å². The predicted molar refractivity (Wildman–Crippen MR) is 94.5 cm³/mol. The Morgan fingerprint density at radius 2 is 1.33 bits per heavy atom. The monoisotopic (exact) mass is 338 g/mol. The summed E-state index contributed by atoms with van der Waals surface area (Å²) in [6.07, 6.45) is 18.1. The van der Waals surface area contributed by atoms with Crippen molar-refractivity contribution in [2.45, 2.75) is 96.3 Å². The Hall–Kier alpha value is -1.46. The van der Waals surface area contributed by atoms with Gasteiger partial charge in [-0.25, -0.2) is 0 Å². The first-order valence-corrected chi connectivity index (χ1v) is 9.62. The number of tetrazole rings is 1. The minimum Gasteiger partial charge on any atom is -0.469 e. The molecule has 138 valence electrons. The van der Waals surface area contributed by atoms with Crippen LogP contribution in [0.5, 0.6) is 0 Å². The molecule has 0 aliphatic heterocycles. The van der Waals surface area contributed by atoms with Crippen LogP contribution in [0.3, 0.4) is 0 Å². The number of unbranched alkanes of at least 4 members (excludes halogenated alkanes) is 12. The molecule has 0 aliphatic rings. The zero-order valence-electron chi connectivity index (χ0n) is 15.3. The molecule has 0 aromatic carbocycles. The average molecular weight is 338 g/mol. The topological polar surface area (TPSA) is 80.8 Å². The Bertz CT molecular complexity index is 396. The SMILES string of the molecule is COC(=O)CCCCCCCCCCCCCCCc1nn[nH]n1. The molecule has 0 saturated carbocycles. The van der Waals surface area contributed by atoms with Gasteiger partial charge in [-0.3, -0.25) is 4.79 Å². The third-order valence-corrected chi connectivity index (χ3v) is 4.40. The van der Waals surface area contributed by atoms with E-state index in [-0.39, 0.29) is 5.97 Å². The number of carbonyl (C=O) groups is 1. The van der Waals surface area contributed by atoms with Crippen molar-refractivity contribution in [3.63, 3.8) is 0 Å². The van der Waals surface area contributed by atoms with Crippen LogP contribution in [0.4, 0.5) is 0 Å². The first-order chi connectivity index (χ1) is 11.8. The van der Waals surface area contributed by atoms with Crippen molar-refractivity contribution in [3.8, 4) is 0 Å². The van der Waals surface area contributed by atoms with E-state index in [0.717, 1.165) is 31.5 Å². The highest BCUT2D eigenvalue weighted by molar-refractivity contribution is 5.68. The van der Waals surface area contributed by atoms with Crippen LogP contribution in [-0.2, 0) is 16.0 Å². The number of H-pyrrole nitrogens is 1. The molecular formula is C18H34N4O2. The smallest absolute Gasteiger partial charge is 0.305 e. The molecule has 1 aromatic heterocycles. The Kier molecular flexibility index (Phi) is 12.9. The van der Waals surface area contributed by atoms with Crippen molar-refractivity contribution >= 4 is 5.97 Å². The van der Waals surface area contributed by atoms with Crippen LogP contribution in [0.15, 0.2) is 0 Å². The number of esters is 1. The van der Waals surface area contributed by atoms with E-state index in [1.54, 1.807) is 0 Å². The van der Waals surface area contributed by atoms with Crippen molar-refractivity contribution in [2.75, 3.05) is 7.11 Å². The molecule has 6 nitrogen and oxygen atoms in total. The van der Waals surface area contributed by atoms with Gasteiger partial charge < -0.3 is 4.74 Å². The second-order valence-corrected chi connectivity index (χ2v) is 6.50. The van der Waals surface area contributed by atoms with Gasteiger partial charge in [-0.15, -0.1) is 10.2 Å². The molecule has 1 aromatic rings. The van der Waals surface area contributed by atoms with Gasteiger partial charge in [0.1, 0.15) is 0 Å². The van der Waals surface area contributed by atoms with Crippen molar-refractivity contribution < 1.29 is 9.53 Å². The second-order valence-electron chi connectivity index (χ2n) is 6.50. The number of hydrogen-bond acceptors (Lipinski definition) is 5. The highest BCUT2D eigenvalue weighted by Crippen LogP contribution is 2.13. The normalized spacial score (nSPS) is 10.9. The highest BCUT2D eigenvalue weighted by atomic mass is 16.5. The number of nitrogens with zero attached hydrogens (tertiary/aromatic N) is 3. The number of ether oxygens (including phenoxy) is 1. The fourth-order valence-electron chi connectivity index (χ4n) is 2.89. The van der Waals surface area contributed by atoms with Gasteiger partial charge in [0.05, 0.1) is 7.11 Å². The van der Waals surface area contributed by atoms with Gasteiger partial charge in [0.2, 0.25) is 0 Å². The van der Waals surface area contributed by atoms with E-state index in [0.29, 0.717) is 6.42 Å². The van der Waals surface area contributed by atoms with Crippen molar-refractivity contribution in [1.82, 2.24) is 20.6 Å². The van der Waals surface area contributed by atoms with Crippen LogP contribution in [-0.4, -0.2) is 33.7 Å². The van der Waals surface area contributed by atoms with Gasteiger partial charge in [0.25, 0.3) is 0 Å². The minimum absolute atomic E-state index is 0.0789. The minimum atomic E-state index is -0.0789. The van der Waals surface area contributed by atoms with Crippen LogP contribution >= 0.6 is 0 Å². The maximum atomic E-state index is 11.0. The summed E-state index contributed by atoms with van der Waals surface area (Å²) in [5.74, 6) is 0.755. The second kappa shape index (κ2) is 15.1. The van der Waals surface area contributed by atoms with E-state index in [1.165, 1.54) is 71.3 Å². The lowest BCUT2D eigenvalue weighted by Gasteiger charge is -2.03. The molecule has 24 heavy (non-hydrogen) atoms. The molecule has 0 unspecified atom stereocenters. The first-order valence-electron chi connectivity index (χ1n) is 9.62. The highest BCUT2D eigenvalue weighted by Gasteiger charge is 1.99. The standard InChI is InChI=1S/C18H34N4O2/c1-24-18(23)16-14-12-10-8-6-4-2-3-5-7-9-11-13-15-17-19-21-22-20-17/h2-16H2,1H3,(H,19,20,21,22). The number of aryl methyl sites for hydroxylation is 1. The van der Waals surface area contributed by atoms with Gasteiger partial charge in [-0.05, 0) is 12.8 Å². The number of aromatic nitrogens is 4. The van der Waals surface area contributed by atoms with Gasteiger partial charge in [0, 0.05) is 12.8 Å². The third-order valence-electron chi connectivity index (χ3n) is 4.40. The third kappa shape index (κ3) is 12.0. The zero-order valence-corrected chi connectivity index (χ0v) is 15.3. The van der Waals surface area contributed by atoms with E-state index in [4.69, 9.17) is 0 Å². The molecule has 1 N–H and O–H groups in total. The molecule has 0 fully saturated rings. The van der Waals surface area contributed by atoms with Crippen molar-refractivity contribution in [1.29, 1.82) is 0 Å². The molecule has 0 amide bonds. The molecule has 1 heterocycles. The molecule has 6 heteroatoms. The summed E-state index contributed by atoms with van der Waals surface area (Å²) >= 11 is 0. The summed E-state index contributed by atoms with van der Waals surface area (Å²) in [4.78, 5) is 11.0. The van der Waals surface area contributed by atoms with Crippen molar-refractivity contribution in [2.24, 2.45) is 0 Å². The van der Waals surface area contributed by atoms with E-state index >= 15 is 0 Å². The van der Waals surface area contributed by atoms with E-state index in [1.807, 2.05) is 0 Å². The van der Waals surface area contributed by atoms with Crippen LogP contribution < -0.4 is 0 Å². The molecule has 1 rings (SSSR count). The van der Waals surface area contributed by atoms with E-state index in [9.17, 15) is 4.79 Å². The fourth-order valence-corrected chi connectivity index (χ4v) is 2.89. The summed E-state index contributed by atoms with van der Waals surface area (Å²) < 4.78 is 4.63. The van der Waals surface area contributed by atoms with Crippen LogP contribution in [0.2, 0.25) is 0 Å². The molecule has 0 atom stereocenters. The zero-order chi connectivity index (χ0) is 17.3. The van der Waals surface area contributed by atoms with Gasteiger partial charge in [-0.1, -0.05) is 75.8 Å². The molecule has 0 aliphatic carbocycles. The summed E-state index contributed by atoms with van der Waals surface area (Å²) in [6, 6.07) is 0. The molecule has 0 radical (unpaired) electrons. The van der Waals surface area contributed by atoms with E-state index < -0.39 is 0 Å². The number of carbonyl (C=O) groups excluding carboxylic acids is 1. The van der Waals surface area contributed by atoms with E-state index in [2.05, 4.69) is 25.4 Å². The Morgan fingerprint density at radius 3 is 1.79 bits per heavy atom. The Balaban J connectivity index is 1.69. The summed E-state index contributed by atoms with van der Waals surface area (Å²) in [5, 5.41) is 14.0. The molecule has 0 saturated heterocycles. The number of nitrogens with one attached hydrogen (secondary N) is 1. The molecule has 0 bridgehead atoms.